The Morgan fingerprint density at radius 1 is 1.03 bits per heavy atom. The average molecular weight is 412 g/mol. The highest BCUT2D eigenvalue weighted by atomic mass is 16.5. The minimum Gasteiger partial charge on any atom is -0.497 e. The first kappa shape index (κ1) is 20.4. The molecule has 2 aliphatic heterocycles. The van der Waals surface area contributed by atoms with Gasteiger partial charge in [-0.1, -0.05) is 0 Å². The van der Waals surface area contributed by atoms with Crippen LogP contribution in [-0.2, 0) is 17.6 Å². The molecule has 160 valence electrons. The van der Waals surface area contributed by atoms with Crippen molar-refractivity contribution < 1.29 is 14.3 Å². The van der Waals surface area contributed by atoms with Crippen LogP contribution in [0.3, 0.4) is 0 Å². The smallest absolute Gasteiger partial charge is 0.253 e. The van der Waals surface area contributed by atoms with Gasteiger partial charge < -0.3 is 24.2 Å². The Kier molecular flexibility index (Phi) is 6.03. The van der Waals surface area contributed by atoms with E-state index in [1.807, 2.05) is 48.2 Å². The molecule has 0 atom stereocenters. The second-order valence-corrected chi connectivity index (χ2v) is 7.79. The lowest BCUT2D eigenvalue weighted by molar-refractivity contribution is 0.0763. The predicted molar refractivity (Wildman–Crippen MR) is 116 cm³/mol. The maximum Gasteiger partial charge on any atom is 0.253 e. The van der Waals surface area contributed by atoms with E-state index in [9.17, 15) is 4.79 Å². The van der Waals surface area contributed by atoms with Gasteiger partial charge in [0.05, 0.1) is 26.0 Å². The summed E-state index contributed by atoms with van der Waals surface area (Å²) >= 11 is 0. The molecule has 0 radical (unpaired) electrons. The van der Waals surface area contributed by atoms with Gasteiger partial charge >= 0.3 is 0 Å². The van der Waals surface area contributed by atoms with Crippen molar-refractivity contribution in [1.29, 1.82) is 0 Å². The number of hydrogen-bond donors (Lipinski definition) is 0. The van der Waals surface area contributed by atoms with E-state index in [0.29, 0.717) is 31.9 Å². The molecule has 3 heterocycles. The number of nitrogens with zero attached hydrogens (tertiary/aromatic N) is 5. The summed E-state index contributed by atoms with van der Waals surface area (Å²) < 4.78 is 10.7. The van der Waals surface area contributed by atoms with E-state index in [4.69, 9.17) is 19.4 Å². The van der Waals surface area contributed by atoms with Gasteiger partial charge in [0.25, 0.3) is 5.91 Å². The Morgan fingerprint density at radius 2 is 1.73 bits per heavy atom. The number of ether oxygens (including phenoxy) is 2. The van der Waals surface area contributed by atoms with Crippen LogP contribution in [0.1, 0.15) is 21.6 Å². The van der Waals surface area contributed by atoms with Crippen molar-refractivity contribution in [2.24, 2.45) is 0 Å². The summed E-state index contributed by atoms with van der Waals surface area (Å²) in [6, 6.07) is 7.29. The van der Waals surface area contributed by atoms with Crippen LogP contribution in [0.25, 0.3) is 0 Å². The van der Waals surface area contributed by atoms with Crippen LogP contribution in [0.2, 0.25) is 0 Å². The zero-order valence-corrected chi connectivity index (χ0v) is 17.9. The maximum absolute atomic E-state index is 13.1. The van der Waals surface area contributed by atoms with Gasteiger partial charge in [-0.15, -0.1) is 0 Å². The maximum atomic E-state index is 13.1. The molecule has 8 nitrogen and oxygen atoms in total. The van der Waals surface area contributed by atoms with Gasteiger partial charge in [0.15, 0.2) is 0 Å². The number of morpholine rings is 1. The van der Waals surface area contributed by atoms with E-state index < -0.39 is 0 Å². The Bertz CT molecular complexity index is 894. The van der Waals surface area contributed by atoms with Crippen LogP contribution in [-0.4, -0.2) is 81.4 Å². The van der Waals surface area contributed by atoms with Gasteiger partial charge in [0.2, 0.25) is 5.95 Å². The Morgan fingerprint density at radius 3 is 2.40 bits per heavy atom. The molecule has 0 saturated carbocycles. The zero-order chi connectivity index (χ0) is 21.1. The number of fused-ring (bicyclic) bond motifs is 1. The van der Waals surface area contributed by atoms with Crippen LogP contribution in [0.4, 0.5) is 11.8 Å². The molecule has 1 aromatic carbocycles. The molecule has 8 heteroatoms. The van der Waals surface area contributed by atoms with Gasteiger partial charge in [-0.3, -0.25) is 4.79 Å². The number of methoxy groups -OCH3 is 1. The second kappa shape index (κ2) is 8.87. The summed E-state index contributed by atoms with van der Waals surface area (Å²) in [6.45, 7) is 4.29. The normalized spacial score (nSPS) is 16.6. The largest absolute Gasteiger partial charge is 0.497 e. The molecule has 2 aliphatic rings. The van der Waals surface area contributed by atoms with Crippen LogP contribution in [0.15, 0.2) is 24.3 Å². The molecular formula is C22H29N5O3. The highest BCUT2D eigenvalue weighted by Gasteiger charge is 2.26. The number of hydrogen-bond acceptors (Lipinski definition) is 7. The van der Waals surface area contributed by atoms with Gasteiger partial charge in [0.1, 0.15) is 11.6 Å². The third-order valence-electron chi connectivity index (χ3n) is 5.65. The number of carbonyl (C=O) groups excluding carboxylic acids is 1. The van der Waals surface area contributed by atoms with Crippen molar-refractivity contribution in [3.63, 3.8) is 0 Å². The van der Waals surface area contributed by atoms with E-state index in [2.05, 4.69) is 4.90 Å². The summed E-state index contributed by atoms with van der Waals surface area (Å²) in [5, 5.41) is 0. The van der Waals surface area contributed by atoms with Gasteiger partial charge in [0, 0.05) is 57.8 Å². The summed E-state index contributed by atoms with van der Waals surface area (Å²) in [7, 11) is 5.64. The van der Waals surface area contributed by atoms with E-state index in [1.54, 1.807) is 7.11 Å². The summed E-state index contributed by atoms with van der Waals surface area (Å²) in [6.07, 6.45) is 1.46. The van der Waals surface area contributed by atoms with Gasteiger partial charge in [-0.05, 0) is 30.7 Å². The average Bonchev–Trinajstić information content (AvgIpc) is 3.01. The lowest BCUT2D eigenvalue weighted by atomic mass is 10.1. The van der Waals surface area contributed by atoms with Crippen molar-refractivity contribution in [3.8, 4) is 5.75 Å². The summed E-state index contributed by atoms with van der Waals surface area (Å²) in [5.74, 6) is 2.49. The van der Waals surface area contributed by atoms with Crippen molar-refractivity contribution in [2.75, 3.05) is 70.4 Å². The fraction of sp³-hybridized carbons (Fsp3) is 0.500. The fourth-order valence-corrected chi connectivity index (χ4v) is 3.96. The molecule has 0 unspecified atom stereocenters. The van der Waals surface area contributed by atoms with E-state index in [0.717, 1.165) is 54.7 Å². The fourth-order valence-electron chi connectivity index (χ4n) is 3.96. The van der Waals surface area contributed by atoms with Gasteiger partial charge in [-0.2, -0.15) is 4.98 Å². The molecular weight excluding hydrogens is 382 g/mol. The number of benzene rings is 1. The molecule has 2 aromatic rings. The first-order valence-corrected chi connectivity index (χ1v) is 10.4. The quantitative estimate of drug-likeness (QED) is 0.757. The Balaban J connectivity index is 1.57. The van der Waals surface area contributed by atoms with Crippen LogP contribution >= 0.6 is 0 Å². The lowest BCUT2D eigenvalue weighted by Gasteiger charge is -2.28. The van der Waals surface area contributed by atoms with Crippen molar-refractivity contribution in [2.45, 2.75) is 12.8 Å². The van der Waals surface area contributed by atoms with Crippen LogP contribution in [0.5, 0.6) is 5.75 Å². The topological polar surface area (TPSA) is 71.0 Å². The number of amides is 1. The van der Waals surface area contributed by atoms with Crippen molar-refractivity contribution >= 4 is 17.7 Å². The molecule has 0 aliphatic carbocycles. The molecule has 1 fully saturated rings. The highest BCUT2D eigenvalue weighted by Crippen LogP contribution is 2.27. The zero-order valence-electron chi connectivity index (χ0n) is 17.9. The van der Waals surface area contributed by atoms with Crippen molar-refractivity contribution in [1.82, 2.24) is 14.9 Å². The molecule has 0 spiro atoms. The first-order valence-electron chi connectivity index (χ1n) is 10.4. The Labute approximate surface area is 177 Å². The van der Waals surface area contributed by atoms with E-state index >= 15 is 0 Å². The molecule has 4 rings (SSSR count). The molecule has 1 amide bonds. The first-order chi connectivity index (χ1) is 14.6. The second-order valence-electron chi connectivity index (χ2n) is 7.79. The third kappa shape index (κ3) is 4.18. The molecule has 0 N–H and O–H groups in total. The number of carbonyl (C=O) groups is 1. The molecule has 0 bridgehead atoms. The number of anilines is 2. The minimum atomic E-state index is 0.0400. The standard InChI is InChI=1S/C22H29N5O3/c1-25(2)20-18-8-10-26(21(28)16-4-6-17(29-3)7-5-16)11-9-19(18)23-22(24-20)27-12-14-30-15-13-27/h4-7H,8-15H2,1-3H3. The van der Waals surface area contributed by atoms with Gasteiger partial charge in [-0.25, -0.2) is 4.98 Å². The number of rotatable bonds is 4. The molecule has 30 heavy (non-hydrogen) atoms. The van der Waals surface area contributed by atoms with Crippen molar-refractivity contribution in [3.05, 3.63) is 41.1 Å². The lowest BCUT2D eigenvalue weighted by Crippen LogP contribution is -2.38. The van der Waals surface area contributed by atoms with E-state index in [1.165, 1.54) is 0 Å². The molecule has 1 saturated heterocycles. The van der Waals surface area contributed by atoms with Crippen LogP contribution in [0, 0.1) is 0 Å². The molecule has 1 aromatic heterocycles. The predicted octanol–water partition coefficient (Wildman–Crippen LogP) is 1.63. The monoisotopic (exact) mass is 411 g/mol. The van der Waals surface area contributed by atoms with Crippen LogP contribution < -0.4 is 14.5 Å². The summed E-state index contributed by atoms with van der Waals surface area (Å²) in [4.78, 5) is 29.0. The SMILES string of the molecule is COc1ccc(C(=O)N2CCc3nc(N4CCOCC4)nc(N(C)C)c3CC2)cc1. The highest BCUT2D eigenvalue weighted by molar-refractivity contribution is 5.94. The summed E-state index contributed by atoms with van der Waals surface area (Å²) in [5.41, 5.74) is 2.86. The number of aromatic nitrogens is 2. The Hall–Kier alpha value is -2.87. The van der Waals surface area contributed by atoms with E-state index in [-0.39, 0.29) is 5.91 Å². The third-order valence-corrected chi connectivity index (χ3v) is 5.65. The minimum absolute atomic E-state index is 0.0400.